The summed E-state index contributed by atoms with van der Waals surface area (Å²) in [6.07, 6.45) is 1.48. The van der Waals surface area contributed by atoms with Crippen LogP contribution in [0.3, 0.4) is 0 Å². The Morgan fingerprint density at radius 3 is 2.73 bits per heavy atom. The van der Waals surface area contributed by atoms with Crippen molar-refractivity contribution in [2.45, 2.75) is 32.7 Å². The number of piperidine rings is 1. The highest BCUT2D eigenvalue weighted by molar-refractivity contribution is 7.08. The van der Waals surface area contributed by atoms with E-state index in [1.807, 2.05) is 41.6 Å². The van der Waals surface area contributed by atoms with Crippen LogP contribution < -0.4 is 10.1 Å². The Bertz CT molecular complexity index is 768. The maximum Gasteiger partial charge on any atom is 0.259 e. The van der Waals surface area contributed by atoms with Crippen LogP contribution >= 0.6 is 11.3 Å². The van der Waals surface area contributed by atoms with Gasteiger partial charge in [-0.05, 0) is 50.3 Å². The van der Waals surface area contributed by atoms with E-state index < -0.39 is 0 Å². The molecular weight excluding hydrogens is 350 g/mol. The van der Waals surface area contributed by atoms with E-state index in [1.165, 1.54) is 11.3 Å². The van der Waals surface area contributed by atoms with Crippen molar-refractivity contribution in [1.29, 1.82) is 0 Å². The van der Waals surface area contributed by atoms with Crippen LogP contribution in [-0.4, -0.2) is 47.4 Å². The number of nitrogens with one attached hydrogen (secondary N) is 1. The largest absolute Gasteiger partial charge is 0.477 e. The second kappa shape index (κ2) is 8.31. The van der Waals surface area contributed by atoms with E-state index in [2.05, 4.69) is 10.3 Å². The van der Waals surface area contributed by atoms with Gasteiger partial charge in [-0.3, -0.25) is 9.59 Å². The molecule has 0 radical (unpaired) electrons. The molecule has 0 atom stereocenters. The molecule has 0 unspecified atom stereocenters. The van der Waals surface area contributed by atoms with Crippen molar-refractivity contribution < 1.29 is 14.3 Å². The number of carbonyl (C=O) groups excluding carboxylic acids is 2. The molecule has 3 heterocycles. The fourth-order valence-corrected chi connectivity index (χ4v) is 3.64. The predicted octanol–water partition coefficient (Wildman–Crippen LogP) is 2.88. The zero-order valence-electron chi connectivity index (χ0n) is 15.0. The lowest BCUT2D eigenvalue weighted by Crippen LogP contribution is -2.46. The quantitative estimate of drug-likeness (QED) is 0.875. The number of likely N-dealkylation sites (tertiary alicyclic amines) is 1. The van der Waals surface area contributed by atoms with Crippen LogP contribution in [0.15, 0.2) is 29.0 Å². The smallest absolute Gasteiger partial charge is 0.259 e. The molecule has 1 N–H and O–H groups in total. The number of amides is 2. The normalized spacial score (nSPS) is 14.9. The Labute approximate surface area is 157 Å². The Kier molecular flexibility index (Phi) is 5.88. The van der Waals surface area contributed by atoms with E-state index in [4.69, 9.17) is 4.74 Å². The van der Waals surface area contributed by atoms with Crippen LogP contribution in [0.2, 0.25) is 0 Å². The first-order valence-corrected chi connectivity index (χ1v) is 9.75. The molecule has 2 aromatic heterocycles. The van der Waals surface area contributed by atoms with Gasteiger partial charge in [0.25, 0.3) is 11.8 Å². The first-order chi connectivity index (χ1) is 12.6. The number of pyridine rings is 1. The number of hydrogen-bond acceptors (Lipinski definition) is 5. The van der Waals surface area contributed by atoms with Crippen LogP contribution in [0.5, 0.6) is 5.88 Å². The molecular formula is C19H23N3O3S. The maximum absolute atomic E-state index is 12.8. The number of rotatable bonds is 5. The van der Waals surface area contributed by atoms with Gasteiger partial charge in [0.1, 0.15) is 5.56 Å². The zero-order chi connectivity index (χ0) is 18.5. The Morgan fingerprint density at radius 2 is 2.08 bits per heavy atom. The summed E-state index contributed by atoms with van der Waals surface area (Å²) in [7, 11) is 0. The van der Waals surface area contributed by atoms with E-state index in [-0.39, 0.29) is 17.9 Å². The molecule has 1 saturated heterocycles. The number of hydrogen-bond donors (Lipinski definition) is 1. The van der Waals surface area contributed by atoms with Crippen LogP contribution in [0.4, 0.5) is 0 Å². The number of nitrogens with zero attached hydrogens (tertiary/aromatic N) is 2. The van der Waals surface area contributed by atoms with Crippen LogP contribution in [0.25, 0.3) is 0 Å². The van der Waals surface area contributed by atoms with Gasteiger partial charge in [-0.25, -0.2) is 4.98 Å². The van der Waals surface area contributed by atoms with Gasteiger partial charge in [0.2, 0.25) is 5.88 Å². The van der Waals surface area contributed by atoms with Crippen LogP contribution in [0, 0.1) is 6.92 Å². The molecule has 26 heavy (non-hydrogen) atoms. The van der Waals surface area contributed by atoms with E-state index in [9.17, 15) is 9.59 Å². The molecule has 2 amide bonds. The average Bonchev–Trinajstić information content (AvgIpc) is 3.17. The average molecular weight is 373 g/mol. The Morgan fingerprint density at radius 1 is 1.31 bits per heavy atom. The molecule has 0 spiro atoms. The highest BCUT2D eigenvalue weighted by atomic mass is 32.1. The molecule has 1 aliphatic rings. The van der Waals surface area contributed by atoms with Gasteiger partial charge in [0, 0.05) is 35.8 Å². The molecule has 138 valence electrons. The molecule has 1 fully saturated rings. The number of ether oxygens (including phenoxy) is 1. The molecule has 3 rings (SSSR count). The first-order valence-electron chi connectivity index (χ1n) is 8.81. The third-order valence-corrected chi connectivity index (χ3v) is 5.09. The highest BCUT2D eigenvalue weighted by Gasteiger charge is 2.27. The minimum absolute atomic E-state index is 0.0441. The summed E-state index contributed by atoms with van der Waals surface area (Å²) >= 11 is 1.51. The molecule has 0 bridgehead atoms. The molecule has 2 aromatic rings. The first kappa shape index (κ1) is 18.4. The summed E-state index contributed by atoms with van der Waals surface area (Å²) in [5, 5.41) is 6.78. The third kappa shape index (κ3) is 4.22. The summed E-state index contributed by atoms with van der Waals surface area (Å²) in [5.41, 5.74) is 2.01. The molecule has 1 aliphatic heterocycles. The van der Waals surface area contributed by atoms with Crippen LogP contribution in [0.1, 0.15) is 46.2 Å². The second-order valence-corrected chi connectivity index (χ2v) is 7.07. The molecule has 0 aliphatic carbocycles. The molecule has 7 heteroatoms. The van der Waals surface area contributed by atoms with Gasteiger partial charge >= 0.3 is 0 Å². The second-order valence-electron chi connectivity index (χ2n) is 6.29. The summed E-state index contributed by atoms with van der Waals surface area (Å²) < 4.78 is 5.53. The fraction of sp³-hybridized carbons (Fsp3) is 0.421. The fourth-order valence-electron chi connectivity index (χ4n) is 3.00. The highest BCUT2D eigenvalue weighted by Crippen LogP contribution is 2.21. The van der Waals surface area contributed by atoms with Crippen molar-refractivity contribution in [2.75, 3.05) is 19.7 Å². The summed E-state index contributed by atoms with van der Waals surface area (Å²) in [4.78, 5) is 31.1. The minimum Gasteiger partial charge on any atom is -0.477 e. The van der Waals surface area contributed by atoms with Gasteiger partial charge in [-0.15, -0.1) is 0 Å². The molecule has 0 saturated carbocycles. The Balaban J connectivity index is 1.59. The summed E-state index contributed by atoms with van der Waals surface area (Å²) in [5.74, 6) is 0.284. The van der Waals surface area contributed by atoms with E-state index in [0.29, 0.717) is 36.7 Å². The van der Waals surface area contributed by atoms with Gasteiger partial charge in [-0.1, -0.05) is 0 Å². The van der Waals surface area contributed by atoms with Crippen molar-refractivity contribution in [1.82, 2.24) is 15.2 Å². The van der Waals surface area contributed by atoms with Gasteiger partial charge < -0.3 is 15.0 Å². The number of thiophene rings is 1. The molecule has 0 aromatic carbocycles. The number of carbonyl (C=O) groups is 2. The lowest BCUT2D eigenvalue weighted by atomic mass is 10.0. The number of aromatic nitrogens is 1. The maximum atomic E-state index is 12.8. The third-order valence-electron chi connectivity index (χ3n) is 4.41. The minimum atomic E-state index is -0.0661. The van der Waals surface area contributed by atoms with Gasteiger partial charge in [-0.2, -0.15) is 11.3 Å². The van der Waals surface area contributed by atoms with Crippen molar-refractivity contribution in [3.8, 4) is 5.88 Å². The lowest BCUT2D eigenvalue weighted by Gasteiger charge is -2.32. The zero-order valence-corrected chi connectivity index (χ0v) is 15.8. The van der Waals surface area contributed by atoms with E-state index in [1.54, 1.807) is 6.07 Å². The van der Waals surface area contributed by atoms with Crippen molar-refractivity contribution >= 4 is 23.2 Å². The molecule has 6 nitrogen and oxygen atoms in total. The lowest BCUT2D eigenvalue weighted by molar-refractivity contribution is 0.0693. The SMILES string of the molecule is CCOc1nc(C)ccc1C(=O)N1CCC(NC(=O)c2ccsc2)CC1. The summed E-state index contributed by atoms with van der Waals surface area (Å²) in [6, 6.07) is 5.51. The predicted molar refractivity (Wildman–Crippen MR) is 101 cm³/mol. The van der Waals surface area contributed by atoms with Crippen molar-refractivity contribution in [3.05, 3.63) is 45.8 Å². The monoisotopic (exact) mass is 373 g/mol. The van der Waals surface area contributed by atoms with Crippen molar-refractivity contribution in [2.24, 2.45) is 0 Å². The summed E-state index contributed by atoms with van der Waals surface area (Å²) in [6.45, 7) is 5.42. The number of aryl methyl sites for hydroxylation is 1. The van der Waals surface area contributed by atoms with Gasteiger partial charge in [0.15, 0.2) is 0 Å². The van der Waals surface area contributed by atoms with Gasteiger partial charge in [0.05, 0.1) is 6.61 Å². The van der Waals surface area contributed by atoms with Crippen molar-refractivity contribution in [3.63, 3.8) is 0 Å². The van der Waals surface area contributed by atoms with Crippen LogP contribution in [-0.2, 0) is 0 Å². The standard InChI is InChI=1S/C19H23N3O3S/c1-3-25-18-16(5-4-13(2)20-18)19(24)22-9-6-15(7-10-22)21-17(23)14-8-11-26-12-14/h4-5,8,11-12,15H,3,6-7,9-10H2,1-2H3,(H,21,23). The van der Waals surface area contributed by atoms with E-state index >= 15 is 0 Å². The Hall–Kier alpha value is -2.41. The topological polar surface area (TPSA) is 71.5 Å². The van der Waals surface area contributed by atoms with E-state index in [0.717, 1.165) is 18.5 Å².